The van der Waals surface area contributed by atoms with Crippen molar-refractivity contribution in [3.05, 3.63) is 57.2 Å². The van der Waals surface area contributed by atoms with Gasteiger partial charge in [-0.05, 0) is 43.3 Å². The Morgan fingerprint density at radius 2 is 1.80 bits per heavy atom. The van der Waals surface area contributed by atoms with Crippen LogP contribution in [0.4, 0.5) is 0 Å². The van der Waals surface area contributed by atoms with Crippen LogP contribution in [0.2, 0.25) is 0 Å². The number of carbonyl (C=O) groups excluding carboxylic acids is 1. The van der Waals surface area contributed by atoms with Crippen LogP contribution in [0.5, 0.6) is 11.5 Å². The molecule has 104 valence electrons. The summed E-state index contributed by atoms with van der Waals surface area (Å²) in [5, 5.41) is 0. The first kappa shape index (κ1) is 14.8. The Balaban J connectivity index is 2.23. The van der Waals surface area contributed by atoms with Crippen molar-refractivity contribution in [2.75, 3.05) is 14.1 Å². The van der Waals surface area contributed by atoms with E-state index in [9.17, 15) is 4.79 Å². The molecule has 0 heterocycles. The summed E-state index contributed by atoms with van der Waals surface area (Å²) in [6, 6.07) is 13.2. The van der Waals surface area contributed by atoms with Crippen LogP contribution in [-0.4, -0.2) is 24.9 Å². The maximum Gasteiger partial charge on any atom is 0.296 e. The predicted octanol–water partition coefficient (Wildman–Crippen LogP) is -0.0557. The number of hydrogen-bond acceptors (Lipinski definition) is 2. The number of aryl methyl sites for hydroxylation is 1. The Morgan fingerprint density at radius 1 is 1.10 bits per heavy atom. The summed E-state index contributed by atoms with van der Waals surface area (Å²) in [7, 11) is 3.47. The quantitative estimate of drug-likeness (QED) is 0.697. The second kappa shape index (κ2) is 6.26. The van der Waals surface area contributed by atoms with Gasteiger partial charge in [0.2, 0.25) is 0 Å². The first-order chi connectivity index (χ1) is 9.47. The molecule has 0 saturated heterocycles. The van der Waals surface area contributed by atoms with Gasteiger partial charge < -0.3 is 9.64 Å². The highest BCUT2D eigenvalue weighted by Gasteiger charge is 2.10. The lowest BCUT2D eigenvalue weighted by Gasteiger charge is -2.11. The van der Waals surface area contributed by atoms with E-state index < -0.39 is 0 Å². The van der Waals surface area contributed by atoms with E-state index in [2.05, 4.69) is 6.92 Å². The van der Waals surface area contributed by atoms with Crippen LogP contribution in [0, 0.1) is 10.5 Å². The molecule has 0 atom stereocenters. The standard InChI is InChI=1S/C16H17INO2/c1-11-9-14(7-8-15(11)17)20-13-6-4-5-12(10-13)16(19)18(2)3/h4-10,17H,1-3H3/q+1. The molecular weight excluding hydrogens is 365 g/mol. The van der Waals surface area contributed by atoms with Crippen LogP contribution in [-0.2, 0) is 0 Å². The smallest absolute Gasteiger partial charge is 0.296 e. The number of rotatable bonds is 3. The maximum atomic E-state index is 11.9. The van der Waals surface area contributed by atoms with E-state index in [4.69, 9.17) is 4.74 Å². The average molecular weight is 382 g/mol. The van der Waals surface area contributed by atoms with Crippen molar-refractivity contribution in [1.82, 2.24) is 4.90 Å². The summed E-state index contributed by atoms with van der Waals surface area (Å²) in [4.78, 5) is 13.5. The van der Waals surface area contributed by atoms with Gasteiger partial charge in [-0.15, -0.1) is 0 Å². The fourth-order valence-corrected chi connectivity index (χ4v) is 2.13. The molecule has 2 rings (SSSR count). The highest BCUT2D eigenvalue weighted by molar-refractivity contribution is 5.94. The lowest BCUT2D eigenvalue weighted by atomic mass is 10.2. The SMILES string of the molecule is Cc1cc(Oc2cccc(C(=O)N(C)C)c2)ccc1[IH+]. The summed E-state index contributed by atoms with van der Waals surface area (Å²) >= 11 is 1.99. The van der Waals surface area contributed by atoms with E-state index in [1.54, 1.807) is 31.1 Å². The van der Waals surface area contributed by atoms with Crippen molar-refractivity contribution in [2.24, 2.45) is 0 Å². The summed E-state index contributed by atoms with van der Waals surface area (Å²) < 4.78 is 7.06. The average Bonchev–Trinajstić information content (AvgIpc) is 2.42. The van der Waals surface area contributed by atoms with Crippen LogP contribution in [0.3, 0.4) is 0 Å². The van der Waals surface area contributed by atoms with Crippen LogP contribution in [0.1, 0.15) is 15.9 Å². The first-order valence-electron chi connectivity index (χ1n) is 6.24. The molecule has 0 aliphatic heterocycles. The molecule has 0 radical (unpaired) electrons. The molecule has 2 aromatic carbocycles. The normalized spacial score (nSPS) is 10.2. The molecule has 0 aromatic heterocycles. The number of benzene rings is 2. The van der Waals surface area contributed by atoms with Crippen LogP contribution >= 0.6 is 0 Å². The van der Waals surface area contributed by atoms with E-state index in [0.29, 0.717) is 11.3 Å². The van der Waals surface area contributed by atoms with Gasteiger partial charge in [-0.25, -0.2) is 0 Å². The third-order valence-electron chi connectivity index (χ3n) is 2.87. The third-order valence-corrected chi connectivity index (χ3v) is 4.18. The van der Waals surface area contributed by atoms with Gasteiger partial charge in [0.15, 0.2) is 3.57 Å². The van der Waals surface area contributed by atoms with Crippen molar-refractivity contribution in [2.45, 2.75) is 6.92 Å². The van der Waals surface area contributed by atoms with E-state index in [1.165, 1.54) is 9.13 Å². The minimum Gasteiger partial charge on any atom is -0.457 e. The Hall–Kier alpha value is -1.56. The van der Waals surface area contributed by atoms with Gasteiger partial charge in [0, 0.05) is 25.2 Å². The molecule has 0 N–H and O–H groups in total. The number of halogens is 1. The van der Waals surface area contributed by atoms with Crippen molar-refractivity contribution in [1.29, 1.82) is 0 Å². The van der Waals surface area contributed by atoms with Gasteiger partial charge in [0.1, 0.15) is 11.5 Å². The zero-order chi connectivity index (χ0) is 14.7. The van der Waals surface area contributed by atoms with Crippen molar-refractivity contribution in [3.8, 4) is 11.5 Å². The molecular formula is C16H17INO2+. The number of hydrogen-bond donors (Lipinski definition) is 0. The third kappa shape index (κ3) is 3.50. The highest BCUT2D eigenvalue weighted by atomic mass is 127. The fraction of sp³-hybridized carbons (Fsp3) is 0.188. The lowest BCUT2D eigenvalue weighted by molar-refractivity contribution is -0.329. The Morgan fingerprint density at radius 3 is 2.45 bits per heavy atom. The number of amides is 1. The van der Waals surface area contributed by atoms with Crippen LogP contribution in [0.25, 0.3) is 0 Å². The minimum atomic E-state index is -0.0315. The second-order valence-corrected chi connectivity index (χ2v) is 6.01. The molecule has 0 aliphatic carbocycles. The molecule has 0 unspecified atom stereocenters. The zero-order valence-electron chi connectivity index (χ0n) is 11.7. The molecule has 0 fully saturated rings. The van der Waals surface area contributed by atoms with Gasteiger partial charge in [-0.1, -0.05) is 6.07 Å². The Labute approximate surface area is 132 Å². The largest absolute Gasteiger partial charge is 0.457 e. The second-order valence-electron chi connectivity index (χ2n) is 4.76. The molecule has 4 heteroatoms. The van der Waals surface area contributed by atoms with Gasteiger partial charge in [0.25, 0.3) is 28.5 Å². The molecule has 3 nitrogen and oxygen atoms in total. The Bertz CT molecular complexity index is 638. The van der Waals surface area contributed by atoms with Crippen LogP contribution in [0.15, 0.2) is 42.5 Å². The van der Waals surface area contributed by atoms with Gasteiger partial charge in [-0.2, -0.15) is 0 Å². The molecule has 0 aliphatic rings. The van der Waals surface area contributed by atoms with E-state index in [-0.39, 0.29) is 5.91 Å². The number of carbonyl (C=O) groups is 1. The molecule has 1 amide bonds. The van der Waals surface area contributed by atoms with Crippen LogP contribution < -0.4 is 27.3 Å². The summed E-state index contributed by atoms with van der Waals surface area (Å²) in [6.07, 6.45) is 0. The predicted molar refractivity (Wildman–Crippen MR) is 75.8 cm³/mol. The Kier molecular flexibility index (Phi) is 4.65. The first-order valence-corrected chi connectivity index (χ1v) is 7.41. The highest BCUT2D eigenvalue weighted by Crippen LogP contribution is 2.23. The lowest BCUT2D eigenvalue weighted by Crippen LogP contribution is -3.34. The minimum absolute atomic E-state index is 0.0315. The van der Waals surface area contributed by atoms with Gasteiger partial charge >= 0.3 is 0 Å². The van der Waals surface area contributed by atoms with E-state index >= 15 is 0 Å². The molecule has 0 bridgehead atoms. The fourth-order valence-electron chi connectivity index (χ4n) is 1.77. The summed E-state index contributed by atoms with van der Waals surface area (Å²) in [5.41, 5.74) is 1.81. The molecule has 20 heavy (non-hydrogen) atoms. The maximum absolute atomic E-state index is 11.9. The zero-order valence-corrected chi connectivity index (χ0v) is 14.0. The molecule has 2 aromatic rings. The number of ether oxygens (including phenoxy) is 1. The summed E-state index contributed by atoms with van der Waals surface area (Å²) in [5.74, 6) is 1.42. The summed E-state index contributed by atoms with van der Waals surface area (Å²) in [6.45, 7) is 2.05. The van der Waals surface area contributed by atoms with Crippen molar-refractivity contribution in [3.63, 3.8) is 0 Å². The van der Waals surface area contributed by atoms with Crippen molar-refractivity contribution >= 4 is 5.91 Å². The topological polar surface area (TPSA) is 29.5 Å². The molecule has 0 spiro atoms. The number of nitrogens with zero attached hydrogens (tertiary/aromatic N) is 1. The van der Waals surface area contributed by atoms with E-state index in [0.717, 1.165) is 5.75 Å². The van der Waals surface area contributed by atoms with Crippen molar-refractivity contribution < 1.29 is 32.1 Å². The van der Waals surface area contributed by atoms with Gasteiger partial charge in [0.05, 0.1) is 0 Å². The van der Waals surface area contributed by atoms with E-state index in [1.807, 2.05) is 52.9 Å². The van der Waals surface area contributed by atoms with Gasteiger partial charge in [-0.3, -0.25) is 4.79 Å². The monoisotopic (exact) mass is 382 g/mol. The molecule has 0 saturated carbocycles.